The molecule has 0 aliphatic carbocycles. The molecule has 0 spiro atoms. The summed E-state index contributed by atoms with van der Waals surface area (Å²) in [5.74, 6) is 1.16. The van der Waals surface area contributed by atoms with E-state index in [-0.39, 0.29) is 5.91 Å². The van der Waals surface area contributed by atoms with Gasteiger partial charge in [0.2, 0.25) is 0 Å². The number of anilines is 2. The van der Waals surface area contributed by atoms with Crippen molar-refractivity contribution in [3.05, 3.63) is 46.9 Å². The highest BCUT2D eigenvalue weighted by molar-refractivity contribution is 6.30. The predicted octanol–water partition coefficient (Wildman–Crippen LogP) is 3.29. The molecule has 1 saturated heterocycles. The van der Waals surface area contributed by atoms with Crippen molar-refractivity contribution in [2.75, 3.05) is 23.3 Å². The molecule has 0 bridgehead atoms. The van der Waals surface area contributed by atoms with Gasteiger partial charge < -0.3 is 10.2 Å². The van der Waals surface area contributed by atoms with Crippen LogP contribution in [0.25, 0.3) is 0 Å². The topological polar surface area (TPSA) is 58.1 Å². The summed E-state index contributed by atoms with van der Waals surface area (Å²) in [7, 11) is 0. The van der Waals surface area contributed by atoms with Gasteiger partial charge in [-0.25, -0.2) is 9.97 Å². The lowest BCUT2D eigenvalue weighted by Crippen LogP contribution is -2.22. The van der Waals surface area contributed by atoms with Crippen LogP contribution >= 0.6 is 11.6 Å². The molecule has 6 heteroatoms. The fourth-order valence-electron chi connectivity index (χ4n) is 2.54. The largest absolute Gasteiger partial charge is 0.356 e. The number of hydrogen-bond acceptors (Lipinski definition) is 4. The summed E-state index contributed by atoms with van der Waals surface area (Å²) in [5, 5.41) is 3.39. The van der Waals surface area contributed by atoms with E-state index < -0.39 is 0 Å². The Morgan fingerprint density at radius 2 is 2.00 bits per heavy atom. The number of aromatic nitrogens is 2. The van der Waals surface area contributed by atoms with Gasteiger partial charge in [0.15, 0.2) is 0 Å². The van der Waals surface area contributed by atoms with E-state index in [2.05, 4.69) is 20.2 Å². The van der Waals surface area contributed by atoms with Crippen molar-refractivity contribution in [1.82, 2.24) is 9.97 Å². The van der Waals surface area contributed by atoms with Gasteiger partial charge in [0.1, 0.15) is 17.3 Å². The first-order valence-corrected chi connectivity index (χ1v) is 7.67. The number of amides is 1. The maximum Gasteiger partial charge on any atom is 0.274 e. The zero-order valence-corrected chi connectivity index (χ0v) is 13.1. The molecule has 2 aromatic rings. The maximum atomic E-state index is 12.4. The van der Waals surface area contributed by atoms with E-state index in [1.54, 1.807) is 37.3 Å². The average molecular weight is 317 g/mol. The molecular formula is C16H17ClN4O. The van der Waals surface area contributed by atoms with Gasteiger partial charge in [-0.2, -0.15) is 0 Å². The molecule has 1 aromatic heterocycles. The molecule has 2 heterocycles. The van der Waals surface area contributed by atoms with Crippen molar-refractivity contribution < 1.29 is 4.79 Å². The first-order chi connectivity index (χ1) is 10.6. The van der Waals surface area contributed by atoms with Crippen molar-refractivity contribution >= 4 is 29.0 Å². The van der Waals surface area contributed by atoms with Gasteiger partial charge in [0, 0.05) is 29.9 Å². The minimum atomic E-state index is -0.256. The fraction of sp³-hybridized carbons (Fsp3) is 0.312. The van der Waals surface area contributed by atoms with Crippen LogP contribution in [0.5, 0.6) is 0 Å². The monoisotopic (exact) mass is 316 g/mol. The van der Waals surface area contributed by atoms with E-state index in [9.17, 15) is 4.79 Å². The lowest BCUT2D eigenvalue weighted by molar-refractivity contribution is 0.102. The minimum Gasteiger partial charge on any atom is -0.356 e. The minimum absolute atomic E-state index is 0.256. The van der Waals surface area contributed by atoms with E-state index in [0.717, 1.165) is 31.7 Å². The molecule has 0 atom stereocenters. The molecule has 0 saturated carbocycles. The zero-order chi connectivity index (χ0) is 15.5. The summed E-state index contributed by atoms with van der Waals surface area (Å²) in [6.45, 7) is 3.76. The number of aryl methyl sites for hydroxylation is 1. The predicted molar refractivity (Wildman–Crippen MR) is 87.6 cm³/mol. The molecule has 22 heavy (non-hydrogen) atoms. The Bertz CT molecular complexity index is 698. The van der Waals surface area contributed by atoms with Gasteiger partial charge in [-0.1, -0.05) is 17.7 Å². The molecule has 114 valence electrons. The Morgan fingerprint density at radius 1 is 1.23 bits per heavy atom. The number of carbonyl (C=O) groups is 1. The second kappa shape index (κ2) is 6.32. The van der Waals surface area contributed by atoms with E-state index in [1.165, 1.54) is 0 Å². The van der Waals surface area contributed by atoms with E-state index in [0.29, 0.717) is 22.2 Å². The van der Waals surface area contributed by atoms with Crippen molar-refractivity contribution in [3.63, 3.8) is 0 Å². The normalized spacial score (nSPS) is 14.2. The molecule has 5 nitrogen and oxygen atoms in total. The lowest BCUT2D eigenvalue weighted by atomic mass is 10.3. The number of rotatable bonds is 3. The SMILES string of the molecule is Cc1nc(C(=O)Nc2cccc(Cl)c2)cc(N2CCCC2)n1. The third kappa shape index (κ3) is 3.36. The number of hydrogen-bond donors (Lipinski definition) is 1. The Hall–Kier alpha value is -2.14. The summed E-state index contributed by atoms with van der Waals surface area (Å²) in [4.78, 5) is 23.2. The van der Waals surface area contributed by atoms with Gasteiger partial charge in [-0.3, -0.25) is 4.79 Å². The molecule has 0 unspecified atom stereocenters. The summed E-state index contributed by atoms with van der Waals surface area (Å²) >= 11 is 5.93. The standard InChI is InChI=1S/C16H17ClN4O/c1-11-18-14(10-15(19-11)21-7-2-3-8-21)16(22)20-13-6-4-5-12(17)9-13/h4-6,9-10H,2-3,7-8H2,1H3,(H,20,22). The van der Waals surface area contributed by atoms with Crippen LogP contribution in [0.3, 0.4) is 0 Å². The van der Waals surface area contributed by atoms with Crippen LogP contribution in [0.1, 0.15) is 29.2 Å². The van der Waals surface area contributed by atoms with Crippen LogP contribution in [0.4, 0.5) is 11.5 Å². The first-order valence-electron chi connectivity index (χ1n) is 7.29. The van der Waals surface area contributed by atoms with Gasteiger partial charge >= 0.3 is 0 Å². The van der Waals surface area contributed by atoms with Crippen molar-refractivity contribution in [3.8, 4) is 0 Å². The third-order valence-electron chi connectivity index (χ3n) is 3.57. The number of benzene rings is 1. The van der Waals surface area contributed by atoms with Gasteiger partial charge in [-0.15, -0.1) is 0 Å². The van der Waals surface area contributed by atoms with Crippen LogP contribution in [0.2, 0.25) is 5.02 Å². The Labute approximate surface area is 134 Å². The molecule has 0 radical (unpaired) electrons. The average Bonchev–Trinajstić information content (AvgIpc) is 3.01. The second-order valence-corrected chi connectivity index (χ2v) is 5.75. The molecule has 3 rings (SSSR count). The maximum absolute atomic E-state index is 12.4. The number of carbonyl (C=O) groups excluding carboxylic acids is 1. The highest BCUT2D eigenvalue weighted by Gasteiger charge is 2.17. The number of nitrogens with one attached hydrogen (secondary N) is 1. The summed E-state index contributed by atoms with van der Waals surface area (Å²) in [5.41, 5.74) is 1.02. The Morgan fingerprint density at radius 3 is 2.73 bits per heavy atom. The Balaban J connectivity index is 1.82. The van der Waals surface area contributed by atoms with Crippen molar-refractivity contribution in [2.24, 2.45) is 0 Å². The Kier molecular flexibility index (Phi) is 4.24. The number of nitrogens with zero attached hydrogens (tertiary/aromatic N) is 3. The van der Waals surface area contributed by atoms with Crippen LogP contribution in [0.15, 0.2) is 30.3 Å². The van der Waals surface area contributed by atoms with Crippen molar-refractivity contribution in [1.29, 1.82) is 0 Å². The van der Waals surface area contributed by atoms with Crippen LogP contribution in [-0.4, -0.2) is 29.0 Å². The smallest absolute Gasteiger partial charge is 0.274 e. The third-order valence-corrected chi connectivity index (χ3v) is 3.80. The molecule has 1 aliphatic rings. The van der Waals surface area contributed by atoms with Gasteiger partial charge in [0.05, 0.1) is 0 Å². The van der Waals surface area contributed by atoms with Crippen LogP contribution < -0.4 is 10.2 Å². The van der Waals surface area contributed by atoms with E-state index in [1.807, 2.05) is 0 Å². The fourth-order valence-corrected chi connectivity index (χ4v) is 2.73. The summed E-state index contributed by atoms with van der Waals surface area (Å²) < 4.78 is 0. The second-order valence-electron chi connectivity index (χ2n) is 5.32. The summed E-state index contributed by atoms with van der Waals surface area (Å²) in [6.07, 6.45) is 2.32. The van der Waals surface area contributed by atoms with Crippen LogP contribution in [0, 0.1) is 6.92 Å². The highest BCUT2D eigenvalue weighted by atomic mass is 35.5. The van der Waals surface area contributed by atoms with Crippen LogP contribution in [-0.2, 0) is 0 Å². The molecule has 1 aromatic carbocycles. The molecule has 1 N–H and O–H groups in total. The van der Waals surface area contributed by atoms with Gasteiger partial charge in [0.25, 0.3) is 5.91 Å². The van der Waals surface area contributed by atoms with E-state index >= 15 is 0 Å². The highest BCUT2D eigenvalue weighted by Crippen LogP contribution is 2.20. The van der Waals surface area contributed by atoms with Crippen molar-refractivity contribution in [2.45, 2.75) is 19.8 Å². The van der Waals surface area contributed by atoms with Gasteiger partial charge in [-0.05, 0) is 38.0 Å². The summed E-state index contributed by atoms with van der Waals surface area (Å²) in [6, 6.07) is 8.79. The molecular weight excluding hydrogens is 300 g/mol. The first kappa shape index (κ1) is 14.8. The van der Waals surface area contributed by atoms with E-state index in [4.69, 9.17) is 11.6 Å². The lowest BCUT2D eigenvalue weighted by Gasteiger charge is -2.17. The number of halogens is 1. The molecule has 1 aliphatic heterocycles. The zero-order valence-electron chi connectivity index (χ0n) is 12.3. The molecule has 1 fully saturated rings. The molecule has 1 amide bonds. The quantitative estimate of drug-likeness (QED) is 0.944.